The number of aromatic nitrogens is 2. The zero-order valence-electron chi connectivity index (χ0n) is 14.3. The molecule has 2 aromatic carbocycles. The highest BCUT2D eigenvalue weighted by atomic mass is 35.5. The quantitative estimate of drug-likeness (QED) is 0.745. The predicted molar refractivity (Wildman–Crippen MR) is 99.6 cm³/mol. The number of hydrogen-bond acceptors (Lipinski definition) is 4. The van der Waals surface area contributed by atoms with Gasteiger partial charge < -0.3 is 10.1 Å². The molecule has 0 aliphatic heterocycles. The first-order valence-corrected chi connectivity index (χ1v) is 8.34. The SMILES string of the molecule is CCOc1nc2cc(C)c(C)cc2nc1C(=O)Nc1ccc(Cl)cc1. The predicted octanol–water partition coefficient (Wildman–Crippen LogP) is 4.55. The van der Waals surface area contributed by atoms with E-state index in [4.69, 9.17) is 16.3 Å². The topological polar surface area (TPSA) is 64.1 Å². The van der Waals surface area contributed by atoms with Crippen molar-refractivity contribution in [1.29, 1.82) is 0 Å². The number of ether oxygens (including phenoxy) is 1. The largest absolute Gasteiger partial charge is 0.476 e. The van der Waals surface area contributed by atoms with Gasteiger partial charge in [-0.05, 0) is 68.3 Å². The van der Waals surface area contributed by atoms with Crippen LogP contribution >= 0.6 is 11.6 Å². The van der Waals surface area contributed by atoms with E-state index in [1.807, 2.05) is 32.9 Å². The molecule has 1 heterocycles. The number of nitrogens with one attached hydrogen (secondary N) is 1. The van der Waals surface area contributed by atoms with Crippen LogP contribution in [0.25, 0.3) is 11.0 Å². The monoisotopic (exact) mass is 355 g/mol. The maximum atomic E-state index is 12.7. The van der Waals surface area contributed by atoms with Crippen LogP contribution < -0.4 is 10.1 Å². The molecule has 3 aromatic rings. The third-order valence-electron chi connectivity index (χ3n) is 3.85. The van der Waals surface area contributed by atoms with Crippen LogP contribution in [0.2, 0.25) is 5.02 Å². The first-order valence-electron chi connectivity index (χ1n) is 7.96. The Kier molecular flexibility index (Phi) is 4.86. The second kappa shape index (κ2) is 7.07. The van der Waals surface area contributed by atoms with Crippen molar-refractivity contribution in [2.24, 2.45) is 0 Å². The Hall–Kier alpha value is -2.66. The fourth-order valence-corrected chi connectivity index (χ4v) is 2.53. The molecule has 5 nitrogen and oxygen atoms in total. The van der Waals surface area contributed by atoms with Crippen molar-refractivity contribution < 1.29 is 9.53 Å². The Bertz CT molecular complexity index is 940. The lowest BCUT2D eigenvalue weighted by molar-refractivity contribution is 0.101. The lowest BCUT2D eigenvalue weighted by Gasteiger charge is -2.11. The molecule has 0 atom stereocenters. The number of carbonyl (C=O) groups is 1. The van der Waals surface area contributed by atoms with E-state index >= 15 is 0 Å². The fraction of sp³-hybridized carbons (Fsp3) is 0.211. The van der Waals surface area contributed by atoms with Gasteiger partial charge in [-0.15, -0.1) is 0 Å². The molecule has 0 unspecified atom stereocenters. The van der Waals surface area contributed by atoms with Crippen molar-refractivity contribution >= 4 is 34.2 Å². The van der Waals surface area contributed by atoms with Crippen LogP contribution in [0.4, 0.5) is 5.69 Å². The molecule has 0 spiro atoms. The lowest BCUT2D eigenvalue weighted by Crippen LogP contribution is -2.16. The van der Waals surface area contributed by atoms with E-state index in [2.05, 4.69) is 15.3 Å². The Morgan fingerprint density at radius 2 is 1.68 bits per heavy atom. The minimum atomic E-state index is -0.376. The molecule has 25 heavy (non-hydrogen) atoms. The summed E-state index contributed by atoms with van der Waals surface area (Å²) in [5.41, 5.74) is 4.35. The number of benzene rings is 2. The van der Waals surface area contributed by atoms with Crippen LogP contribution in [0, 0.1) is 13.8 Å². The van der Waals surface area contributed by atoms with Gasteiger partial charge in [0.2, 0.25) is 5.88 Å². The van der Waals surface area contributed by atoms with Gasteiger partial charge >= 0.3 is 0 Å². The molecule has 1 amide bonds. The standard InChI is InChI=1S/C19H18ClN3O2/c1-4-25-19-17(18(24)21-14-7-5-13(20)6-8-14)22-15-9-11(2)12(3)10-16(15)23-19/h5-10H,4H2,1-3H3,(H,21,24). The minimum absolute atomic E-state index is 0.160. The molecule has 0 saturated heterocycles. The van der Waals surface area contributed by atoms with E-state index in [0.717, 1.165) is 11.1 Å². The summed E-state index contributed by atoms with van der Waals surface area (Å²) in [5.74, 6) is -0.150. The summed E-state index contributed by atoms with van der Waals surface area (Å²) in [6.07, 6.45) is 0. The van der Waals surface area contributed by atoms with Gasteiger partial charge in [-0.2, -0.15) is 0 Å². The third kappa shape index (κ3) is 3.72. The second-order valence-corrected chi connectivity index (χ2v) is 6.13. The molecule has 128 valence electrons. The maximum Gasteiger partial charge on any atom is 0.279 e. The van der Waals surface area contributed by atoms with Crippen LogP contribution in [-0.2, 0) is 0 Å². The number of nitrogens with zero attached hydrogens (tertiary/aromatic N) is 2. The minimum Gasteiger partial charge on any atom is -0.476 e. The molecular weight excluding hydrogens is 338 g/mol. The molecule has 0 aliphatic rings. The van der Waals surface area contributed by atoms with Gasteiger partial charge in [0.25, 0.3) is 5.91 Å². The van der Waals surface area contributed by atoms with E-state index < -0.39 is 0 Å². The number of halogens is 1. The van der Waals surface area contributed by atoms with Crippen molar-refractivity contribution in [3.63, 3.8) is 0 Å². The molecule has 6 heteroatoms. The van der Waals surface area contributed by atoms with Crippen molar-refractivity contribution in [2.45, 2.75) is 20.8 Å². The van der Waals surface area contributed by atoms with E-state index in [1.165, 1.54) is 0 Å². The summed E-state index contributed by atoms with van der Waals surface area (Å²) in [6.45, 7) is 6.25. The molecule has 1 N–H and O–H groups in total. The summed E-state index contributed by atoms with van der Waals surface area (Å²) in [6, 6.07) is 10.7. The van der Waals surface area contributed by atoms with Crippen LogP contribution in [0.3, 0.4) is 0 Å². The Morgan fingerprint density at radius 1 is 1.08 bits per heavy atom. The van der Waals surface area contributed by atoms with Gasteiger partial charge in [-0.3, -0.25) is 4.79 Å². The zero-order chi connectivity index (χ0) is 18.0. The average molecular weight is 356 g/mol. The maximum absolute atomic E-state index is 12.7. The molecule has 3 rings (SSSR count). The zero-order valence-corrected chi connectivity index (χ0v) is 15.0. The van der Waals surface area contributed by atoms with Crippen molar-refractivity contribution in [3.8, 4) is 5.88 Å². The van der Waals surface area contributed by atoms with Crippen LogP contribution in [-0.4, -0.2) is 22.5 Å². The summed E-state index contributed by atoms with van der Waals surface area (Å²) in [4.78, 5) is 21.6. The van der Waals surface area contributed by atoms with Crippen molar-refractivity contribution in [1.82, 2.24) is 9.97 Å². The molecule has 0 saturated carbocycles. The van der Waals surface area contributed by atoms with E-state index in [-0.39, 0.29) is 17.5 Å². The van der Waals surface area contributed by atoms with Gasteiger partial charge in [-0.1, -0.05) is 11.6 Å². The Balaban J connectivity index is 2.02. The molecule has 0 fully saturated rings. The number of aryl methyl sites for hydroxylation is 2. The van der Waals surface area contributed by atoms with E-state index in [1.54, 1.807) is 24.3 Å². The van der Waals surface area contributed by atoms with Gasteiger partial charge in [0.05, 0.1) is 17.6 Å². The van der Waals surface area contributed by atoms with Gasteiger partial charge in [0.15, 0.2) is 5.69 Å². The molecular formula is C19H18ClN3O2. The highest BCUT2D eigenvalue weighted by Crippen LogP contribution is 2.23. The Morgan fingerprint density at radius 3 is 2.28 bits per heavy atom. The van der Waals surface area contributed by atoms with Gasteiger partial charge in [0.1, 0.15) is 0 Å². The Labute approximate surface area is 151 Å². The van der Waals surface area contributed by atoms with E-state index in [0.29, 0.717) is 28.4 Å². The smallest absolute Gasteiger partial charge is 0.279 e. The molecule has 0 aliphatic carbocycles. The van der Waals surface area contributed by atoms with Crippen LogP contribution in [0.1, 0.15) is 28.5 Å². The normalized spacial score (nSPS) is 10.7. The van der Waals surface area contributed by atoms with Gasteiger partial charge in [0, 0.05) is 10.7 Å². The highest BCUT2D eigenvalue weighted by molar-refractivity contribution is 6.30. The molecule has 0 bridgehead atoms. The summed E-state index contributed by atoms with van der Waals surface area (Å²) in [7, 11) is 0. The lowest BCUT2D eigenvalue weighted by atomic mass is 10.1. The number of fused-ring (bicyclic) bond motifs is 1. The summed E-state index contributed by atoms with van der Waals surface area (Å²) >= 11 is 5.87. The number of amides is 1. The average Bonchev–Trinajstić information content (AvgIpc) is 2.58. The van der Waals surface area contributed by atoms with Gasteiger partial charge in [-0.25, -0.2) is 9.97 Å². The number of anilines is 1. The number of carbonyl (C=O) groups excluding carboxylic acids is 1. The number of hydrogen-bond donors (Lipinski definition) is 1. The summed E-state index contributed by atoms with van der Waals surface area (Å²) in [5, 5.41) is 3.40. The number of rotatable bonds is 4. The first-order chi connectivity index (χ1) is 12.0. The fourth-order valence-electron chi connectivity index (χ4n) is 2.40. The molecule has 1 aromatic heterocycles. The first kappa shape index (κ1) is 17.2. The summed E-state index contributed by atoms with van der Waals surface area (Å²) < 4.78 is 5.54. The molecule has 0 radical (unpaired) electrons. The van der Waals surface area contributed by atoms with Crippen LogP contribution in [0.15, 0.2) is 36.4 Å². The highest BCUT2D eigenvalue weighted by Gasteiger charge is 2.18. The van der Waals surface area contributed by atoms with Crippen LogP contribution in [0.5, 0.6) is 5.88 Å². The third-order valence-corrected chi connectivity index (χ3v) is 4.10. The van der Waals surface area contributed by atoms with Crippen molar-refractivity contribution in [2.75, 3.05) is 11.9 Å². The van der Waals surface area contributed by atoms with Crippen molar-refractivity contribution in [3.05, 3.63) is 58.2 Å². The van der Waals surface area contributed by atoms with E-state index in [9.17, 15) is 4.79 Å². The second-order valence-electron chi connectivity index (χ2n) is 5.70.